The molecular formula is C20H30O4. The zero-order chi connectivity index (χ0) is 18.3. The highest BCUT2D eigenvalue weighted by molar-refractivity contribution is 6.05. The SMILES string of the molecule is CCCCOC(=O)c1c(C)c(C)c(C)c(C)c1C(=O)OCCCC. The number of carbonyl (C=O) groups is 2. The maximum atomic E-state index is 12.6. The fourth-order valence-corrected chi connectivity index (χ4v) is 2.59. The van der Waals surface area contributed by atoms with Crippen molar-refractivity contribution >= 4 is 11.9 Å². The smallest absolute Gasteiger partial charge is 0.339 e. The first-order chi connectivity index (χ1) is 11.4. The highest BCUT2D eigenvalue weighted by Gasteiger charge is 2.27. The zero-order valence-electron chi connectivity index (χ0n) is 15.9. The molecule has 0 aliphatic rings. The Morgan fingerprint density at radius 3 is 1.29 bits per heavy atom. The second kappa shape index (κ2) is 9.45. The van der Waals surface area contributed by atoms with E-state index in [1.807, 2.05) is 41.5 Å². The van der Waals surface area contributed by atoms with E-state index in [4.69, 9.17) is 9.47 Å². The first-order valence-corrected chi connectivity index (χ1v) is 8.81. The molecule has 0 unspecified atom stereocenters. The minimum absolute atomic E-state index is 0.355. The Morgan fingerprint density at radius 1 is 0.667 bits per heavy atom. The van der Waals surface area contributed by atoms with Gasteiger partial charge in [0.25, 0.3) is 0 Å². The Kier molecular flexibility index (Phi) is 7.96. The van der Waals surface area contributed by atoms with Gasteiger partial charge in [0.1, 0.15) is 0 Å². The molecule has 0 aliphatic heterocycles. The number of unbranched alkanes of at least 4 members (excludes halogenated alkanes) is 2. The van der Waals surface area contributed by atoms with Gasteiger partial charge in [0.2, 0.25) is 0 Å². The molecular weight excluding hydrogens is 304 g/mol. The van der Waals surface area contributed by atoms with E-state index in [0.717, 1.165) is 47.9 Å². The van der Waals surface area contributed by atoms with Crippen LogP contribution in [-0.2, 0) is 9.47 Å². The average Bonchev–Trinajstić information content (AvgIpc) is 2.56. The summed E-state index contributed by atoms with van der Waals surface area (Å²) in [6, 6.07) is 0. The van der Waals surface area contributed by atoms with E-state index >= 15 is 0 Å². The third kappa shape index (κ3) is 4.59. The lowest BCUT2D eigenvalue weighted by atomic mass is 9.89. The molecule has 24 heavy (non-hydrogen) atoms. The first kappa shape index (κ1) is 20.2. The van der Waals surface area contributed by atoms with Gasteiger partial charge in [-0.05, 0) is 62.8 Å². The minimum atomic E-state index is -0.436. The number of esters is 2. The molecule has 0 saturated carbocycles. The van der Waals surface area contributed by atoms with Crippen molar-refractivity contribution in [1.29, 1.82) is 0 Å². The van der Waals surface area contributed by atoms with E-state index in [-0.39, 0.29) is 0 Å². The molecule has 0 fully saturated rings. The van der Waals surface area contributed by atoms with Gasteiger partial charge in [-0.1, -0.05) is 26.7 Å². The van der Waals surface area contributed by atoms with E-state index in [9.17, 15) is 9.59 Å². The van der Waals surface area contributed by atoms with Crippen molar-refractivity contribution in [3.05, 3.63) is 33.4 Å². The largest absolute Gasteiger partial charge is 0.462 e. The number of hydrogen-bond donors (Lipinski definition) is 0. The average molecular weight is 334 g/mol. The van der Waals surface area contributed by atoms with Crippen LogP contribution in [0, 0.1) is 27.7 Å². The lowest BCUT2D eigenvalue weighted by Crippen LogP contribution is -2.20. The van der Waals surface area contributed by atoms with Gasteiger partial charge in [0, 0.05) is 0 Å². The van der Waals surface area contributed by atoms with Crippen LogP contribution < -0.4 is 0 Å². The number of carbonyl (C=O) groups excluding carboxylic acids is 2. The van der Waals surface area contributed by atoms with Gasteiger partial charge in [0.15, 0.2) is 0 Å². The molecule has 0 bridgehead atoms. The minimum Gasteiger partial charge on any atom is -0.462 e. The first-order valence-electron chi connectivity index (χ1n) is 8.81. The van der Waals surface area contributed by atoms with Crippen LogP contribution in [0.5, 0.6) is 0 Å². The highest BCUT2D eigenvalue weighted by atomic mass is 16.5. The van der Waals surface area contributed by atoms with Gasteiger partial charge in [0.05, 0.1) is 24.3 Å². The lowest BCUT2D eigenvalue weighted by Gasteiger charge is -2.19. The third-order valence-corrected chi connectivity index (χ3v) is 4.56. The molecule has 0 amide bonds. The Bertz CT molecular complexity index is 549. The Balaban J connectivity index is 3.28. The van der Waals surface area contributed by atoms with Crippen LogP contribution in [0.25, 0.3) is 0 Å². The van der Waals surface area contributed by atoms with Crippen molar-refractivity contribution < 1.29 is 19.1 Å². The van der Waals surface area contributed by atoms with Crippen LogP contribution in [0.3, 0.4) is 0 Å². The molecule has 134 valence electrons. The van der Waals surface area contributed by atoms with E-state index in [1.165, 1.54) is 0 Å². The summed E-state index contributed by atoms with van der Waals surface area (Å²) in [5.74, 6) is -0.871. The summed E-state index contributed by atoms with van der Waals surface area (Å²) in [5.41, 5.74) is 4.32. The van der Waals surface area contributed by atoms with Crippen molar-refractivity contribution in [2.24, 2.45) is 0 Å². The lowest BCUT2D eigenvalue weighted by molar-refractivity contribution is 0.0450. The fraction of sp³-hybridized carbons (Fsp3) is 0.600. The molecule has 0 radical (unpaired) electrons. The van der Waals surface area contributed by atoms with Crippen molar-refractivity contribution in [2.45, 2.75) is 67.2 Å². The monoisotopic (exact) mass is 334 g/mol. The highest BCUT2D eigenvalue weighted by Crippen LogP contribution is 2.28. The van der Waals surface area contributed by atoms with Crippen molar-refractivity contribution in [1.82, 2.24) is 0 Å². The molecule has 1 aromatic carbocycles. The maximum Gasteiger partial charge on any atom is 0.339 e. The number of hydrogen-bond acceptors (Lipinski definition) is 4. The predicted octanol–water partition coefficient (Wildman–Crippen LogP) is 4.83. The van der Waals surface area contributed by atoms with Gasteiger partial charge in [-0.2, -0.15) is 0 Å². The molecule has 0 N–H and O–H groups in total. The molecule has 0 saturated heterocycles. The second-order valence-electron chi connectivity index (χ2n) is 6.23. The standard InChI is InChI=1S/C20H30O4/c1-7-9-11-23-19(21)17-15(5)13(3)14(4)16(6)18(17)20(22)24-12-10-8-2/h7-12H2,1-6H3. The van der Waals surface area contributed by atoms with Crippen LogP contribution in [0.15, 0.2) is 0 Å². The summed E-state index contributed by atoms with van der Waals surface area (Å²) in [5, 5.41) is 0. The van der Waals surface area contributed by atoms with Crippen LogP contribution in [0.1, 0.15) is 82.5 Å². The zero-order valence-corrected chi connectivity index (χ0v) is 15.9. The summed E-state index contributed by atoms with van der Waals surface area (Å²) >= 11 is 0. The Labute approximate surface area is 145 Å². The molecule has 4 heteroatoms. The van der Waals surface area contributed by atoms with Gasteiger partial charge < -0.3 is 9.47 Å². The summed E-state index contributed by atoms with van der Waals surface area (Å²) in [4.78, 5) is 25.2. The predicted molar refractivity (Wildman–Crippen MR) is 95.8 cm³/mol. The fourth-order valence-electron chi connectivity index (χ4n) is 2.59. The van der Waals surface area contributed by atoms with Gasteiger partial charge in [-0.25, -0.2) is 9.59 Å². The van der Waals surface area contributed by atoms with Crippen molar-refractivity contribution in [3.63, 3.8) is 0 Å². The van der Waals surface area contributed by atoms with Crippen LogP contribution in [0.2, 0.25) is 0 Å². The van der Waals surface area contributed by atoms with Crippen LogP contribution in [0.4, 0.5) is 0 Å². The van der Waals surface area contributed by atoms with Gasteiger partial charge in [-0.15, -0.1) is 0 Å². The number of ether oxygens (including phenoxy) is 2. The van der Waals surface area contributed by atoms with E-state index in [2.05, 4.69) is 0 Å². The van der Waals surface area contributed by atoms with Crippen LogP contribution >= 0.6 is 0 Å². The molecule has 1 aromatic rings. The van der Waals surface area contributed by atoms with Crippen molar-refractivity contribution in [3.8, 4) is 0 Å². The van der Waals surface area contributed by atoms with E-state index < -0.39 is 11.9 Å². The summed E-state index contributed by atoms with van der Waals surface area (Å²) in [6.45, 7) is 12.5. The Hall–Kier alpha value is -1.84. The van der Waals surface area contributed by atoms with Crippen LogP contribution in [-0.4, -0.2) is 25.2 Å². The summed E-state index contributed by atoms with van der Waals surface area (Å²) in [6.07, 6.45) is 3.52. The maximum absolute atomic E-state index is 12.6. The molecule has 4 nitrogen and oxygen atoms in total. The number of benzene rings is 1. The molecule has 1 rings (SSSR count). The third-order valence-electron chi connectivity index (χ3n) is 4.56. The molecule has 0 heterocycles. The normalized spacial score (nSPS) is 10.6. The number of rotatable bonds is 8. The molecule has 0 spiro atoms. The summed E-state index contributed by atoms with van der Waals surface area (Å²) < 4.78 is 10.7. The second-order valence-corrected chi connectivity index (χ2v) is 6.23. The van der Waals surface area contributed by atoms with Gasteiger partial charge in [-0.3, -0.25) is 0 Å². The van der Waals surface area contributed by atoms with Crippen molar-refractivity contribution in [2.75, 3.05) is 13.2 Å². The molecule has 0 aliphatic carbocycles. The van der Waals surface area contributed by atoms with Gasteiger partial charge >= 0.3 is 11.9 Å². The molecule has 0 atom stereocenters. The topological polar surface area (TPSA) is 52.6 Å². The van der Waals surface area contributed by atoms with E-state index in [1.54, 1.807) is 0 Å². The molecule has 0 aromatic heterocycles. The summed E-state index contributed by atoms with van der Waals surface area (Å²) in [7, 11) is 0. The quantitative estimate of drug-likeness (QED) is 0.504. The van der Waals surface area contributed by atoms with E-state index in [0.29, 0.717) is 24.3 Å². The Morgan fingerprint density at radius 2 is 1.00 bits per heavy atom.